The monoisotopic (exact) mass is 445 g/mol. The van der Waals surface area contributed by atoms with E-state index < -0.39 is 5.97 Å². The molecule has 2 N–H and O–H groups in total. The predicted octanol–water partition coefficient (Wildman–Crippen LogP) is 6.66. The Hall–Kier alpha value is -3.54. The molecule has 0 amide bonds. The Morgan fingerprint density at radius 2 is 1.79 bits per heavy atom. The van der Waals surface area contributed by atoms with Crippen LogP contribution in [0.15, 0.2) is 54.7 Å². The number of benzene rings is 2. The molecular weight excluding hydrogens is 414 g/mol. The highest BCUT2D eigenvalue weighted by Crippen LogP contribution is 2.34. The maximum atomic E-state index is 11.7. The average molecular weight is 446 g/mol. The molecule has 4 rings (SSSR count). The van der Waals surface area contributed by atoms with E-state index in [0.717, 1.165) is 22.8 Å². The first-order chi connectivity index (χ1) is 16.0. The fraction of sp³-hybridized carbons (Fsp3) is 0.333. The van der Waals surface area contributed by atoms with Gasteiger partial charge in [-0.2, -0.15) is 0 Å². The highest BCUT2D eigenvalue weighted by atomic mass is 16.5. The number of nitrogens with zero attached hydrogens (tertiary/aromatic N) is 2. The summed E-state index contributed by atoms with van der Waals surface area (Å²) in [7, 11) is 3.53. The Balaban J connectivity index is 1.51. The second-order valence-corrected chi connectivity index (χ2v) is 8.68. The number of rotatable bonds is 7. The molecule has 1 aliphatic rings. The number of aromatic nitrogens is 1. The van der Waals surface area contributed by atoms with Crippen molar-refractivity contribution in [2.75, 3.05) is 24.4 Å². The van der Waals surface area contributed by atoms with Crippen molar-refractivity contribution >= 4 is 28.8 Å². The zero-order valence-electron chi connectivity index (χ0n) is 19.5. The number of nitrogens with one attached hydrogen (secondary N) is 1. The van der Waals surface area contributed by atoms with Gasteiger partial charge in [0.15, 0.2) is 0 Å². The Morgan fingerprint density at radius 1 is 1.06 bits per heavy atom. The lowest BCUT2D eigenvalue weighted by molar-refractivity contribution is 0.0697. The highest BCUT2D eigenvalue weighted by molar-refractivity contribution is 5.95. The molecule has 1 fully saturated rings. The zero-order valence-corrected chi connectivity index (χ0v) is 19.5. The van der Waals surface area contributed by atoms with Gasteiger partial charge >= 0.3 is 5.97 Å². The molecular formula is C27H31N3O3. The third-order valence-corrected chi connectivity index (χ3v) is 6.52. The van der Waals surface area contributed by atoms with Gasteiger partial charge in [-0.05, 0) is 73.2 Å². The Bertz CT molecular complexity index is 1120. The van der Waals surface area contributed by atoms with Crippen molar-refractivity contribution in [2.24, 2.45) is 0 Å². The fourth-order valence-corrected chi connectivity index (χ4v) is 4.48. The first-order valence-electron chi connectivity index (χ1n) is 11.4. The van der Waals surface area contributed by atoms with Crippen LogP contribution in [0.4, 0.5) is 22.9 Å². The van der Waals surface area contributed by atoms with Crippen molar-refractivity contribution in [2.45, 2.75) is 44.9 Å². The maximum absolute atomic E-state index is 11.7. The smallest absolute Gasteiger partial charge is 0.337 e. The van der Waals surface area contributed by atoms with Gasteiger partial charge < -0.3 is 20.1 Å². The van der Waals surface area contributed by atoms with Gasteiger partial charge in [-0.15, -0.1) is 0 Å². The summed E-state index contributed by atoms with van der Waals surface area (Å²) in [4.78, 5) is 18.4. The van der Waals surface area contributed by atoms with Gasteiger partial charge in [-0.25, -0.2) is 9.78 Å². The molecule has 6 nitrogen and oxygen atoms in total. The lowest BCUT2D eigenvalue weighted by atomic mass is 9.84. The minimum atomic E-state index is -1.02. The van der Waals surface area contributed by atoms with Crippen molar-refractivity contribution in [3.05, 3.63) is 71.4 Å². The second-order valence-electron chi connectivity index (χ2n) is 8.68. The normalized spacial score (nSPS) is 14.0. The van der Waals surface area contributed by atoms with Gasteiger partial charge in [0.25, 0.3) is 0 Å². The van der Waals surface area contributed by atoms with Crippen molar-refractivity contribution in [1.82, 2.24) is 4.98 Å². The molecule has 1 aromatic heterocycles. The van der Waals surface area contributed by atoms with E-state index in [0.29, 0.717) is 17.4 Å². The first kappa shape index (κ1) is 22.6. The molecule has 2 aromatic carbocycles. The van der Waals surface area contributed by atoms with Crippen LogP contribution in [-0.2, 0) is 0 Å². The zero-order chi connectivity index (χ0) is 23.4. The number of methoxy groups -OCH3 is 1. The molecule has 0 radical (unpaired) electrons. The van der Waals surface area contributed by atoms with Crippen LogP contribution in [0.5, 0.6) is 5.75 Å². The van der Waals surface area contributed by atoms with Crippen LogP contribution in [-0.4, -0.2) is 30.2 Å². The van der Waals surface area contributed by atoms with Crippen LogP contribution in [0.3, 0.4) is 0 Å². The number of hydrogen-bond acceptors (Lipinski definition) is 5. The van der Waals surface area contributed by atoms with Gasteiger partial charge in [-0.1, -0.05) is 31.4 Å². The van der Waals surface area contributed by atoms with Gasteiger partial charge in [0.05, 0.1) is 30.2 Å². The van der Waals surface area contributed by atoms with E-state index in [1.807, 2.05) is 20.0 Å². The summed E-state index contributed by atoms with van der Waals surface area (Å²) in [6, 6.07) is 15.8. The van der Waals surface area contributed by atoms with E-state index in [9.17, 15) is 9.90 Å². The molecule has 0 aliphatic heterocycles. The van der Waals surface area contributed by atoms with Crippen molar-refractivity contribution in [1.29, 1.82) is 0 Å². The average Bonchev–Trinajstić information content (AvgIpc) is 2.85. The minimum Gasteiger partial charge on any atom is -0.497 e. The molecule has 1 saturated carbocycles. The van der Waals surface area contributed by atoms with Crippen LogP contribution in [0, 0.1) is 6.92 Å². The molecule has 0 unspecified atom stereocenters. The second kappa shape index (κ2) is 9.94. The maximum Gasteiger partial charge on any atom is 0.337 e. The van der Waals surface area contributed by atoms with Crippen molar-refractivity contribution < 1.29 is 14.6 Å². The third-order valence-electron chi connectivity index (χ3n) is 6.52. The molecule has 1 heterocycles. The topological polar surface area (TPSA) is 74.7 Å². The van der Waals surface area contributed by atoms with E-state index in [1.165, 1.54) is 50.8 Å². The van der Waals surface area contributed by atoms with Crippen molar-refractivity contribution in [3.8, 4) is 5.75 Å². The molecule has 172 valence electrons. The van der Waals surface area contributed by atoms with Crippen LogP contribution >= 0.6 is 0 Å². The number of carboxylic acid groups (broad SMARTS) is 1. The van der Waals surface area contributed by atoms with Gasteiger partial charge in [0.2, 0.25) is 0 Å². The SMILES string of the molecule is COc1ccc(Nc2cnc(N(C)c3ccc(C4CCCCC4)cc3)cc2C)c(C(=O)O)c1. The van der Waals surface area contributed by atoms with Crippen LogP contribution in [0.25, 0.3) is 0 Å². The third kappa shape index (κ3) is 5.11. The number of carbonyl (C=O) groups is 1. The molecule has 0 spiro atoms. The summed E-state index contributed by atoms with van der Waals surface area (Å²) in [5, 5.41) is 12.8. The lowest BCUT2D eigenvalue weighted by Gasteiger charge is -2.24. The molecule has 0 saturated heterocycles. The molecule has 33 heavy (non-hydrogen) atoms. The standard InChI is InChI=1S/C27H31N3O3/c1-18-15-26(30(2)21-11-9-20(10-12-21)19-7-5-4-6-8-19)28-17-25(18)29-24-14-13-22(33-3)16-23(24)27(31)32/h9-17,19,29H,4-8H2,1-3H3,(H,31,32). The summed E-state index contributed by atoms with van der Waals surface area (Å²) in [5.41, 5.74) is 4.89. The Labute approximate surface area is 195 Å². The minimum absolute atomic E-state index is 0.146. The number of carboxylic acids is 1. The number of aryl methyl sites for hydroxylation is 1. The Kier molecular flexibility index (Phi) is 6.82. The molecule has 0 atom stereocenters. The first-order valence-corrected chi connectivity index (χ1v) is 11.4. The number of ether oxygens (including phenoxy) is 1. The number of hydrogen-bond donors (Lipinski definition) is 2. The summed E-state index contributed by atoms with van der Waals surface area (Å²) in [6.45, 7) is 1.98. The molecule has 6 heteroatoms. The van der Waals surface area contributed by atoms with E-state index in [4.69, 9.17) is 4.74 Å². The quantitative estimate of drug-likeness (QED) is 0.424. The van der Waals surface area contributed by atoms with Gasteiger partial charge in [0, 0.05) is 12.7 Å². The number of pyridine rings is 1. The van der Waals surface area contributed by atoms with Crippen molar-refractivity contribution in [3.63, 3.8) is 0 Å². The lowest BCUT2D eigenvalue weighted by Crippen LogP contribution is -2.12. The van der Waals surface area contributed by atoms with Crippen LogP contribution in [0.1, 0.15) is 59.5 Å². The summed E-state index contributed by atoms with van der Waals surface area (Å²) >= 11 is 0. The molecule has 0 bridgehead atoms. The molecule has 3 aromatic rings. The highest BCUT2D eigenvalue weighted by Gasteiger charge is 2.17. The fourth-order valence-electron chi connectivity index (χ4n) is 4.48. The summed E-state index contributed by atoms with van der Waals surface area (Å²) in [6.07, 6.45) is 8.36. The van der Waals surface area contributed by atoms with E-state index in [1.54, 1.807) is 18.3 Å². The molecule has 1 aliphatic carbocycles. The summed E-state index contributed by atoms with van der Waals surface area (Å²) in [5.74, 6) is 1.00. The summed E-state index contributed by atoms with van der Waals surface area (Å²) < 4.78 is 5.15. The number of aromatic carboxylic acids is 1. The van der Waals surface area contributed by atoms with Crippen LogP contribution < -0.4 is 15.0 Å². The predicted molar refractivity (Wildman–Crippen MR) is 133 cm³/mol. The van der Waals surface area contributed by atoms with Gasteiger partial charge in [-0.3, -0.25) is 0 Å². The number of anilines is 4. The van der Waals surface area contributed by atoms with E-state index in [-0.39, 0.29) is 5.56 Å². The van der Waals surface area contributed by atoms with Gasteiger partial charge in [0.1, 0.15) is 11.6 Å². The van der Waals surface area contributed by atoms with Crippen LogP contribution in [0.2, 0.25) is 0 Å². The van der Waals surface area contributed by atoms with E-state index in [2.05, 4.69) is 39.5 Å². The Morgan fingerprint density at radius 3 is 2.42 bits per heavy atom. The largest absolute Gasteiger partial charge is 0.497 e. The van der Waals surface area contributed by atoms with E-state index >= 15 is 0 Å².